The quantitative estimate of drug-likeness (QED) is 0.171. The van der Waals surface area contributed by atoms with E-state index < -0.39 is 0 Å². The summed E-state index contributed by atoms with van der Waals surface area (Å²) in [5.41, 5.74) is 13.0. The van der Waals surface area contributed by atoms with Crippen molar-refractivity contribution in [3.8, 4) is 62.1 Å². The van der Waals surface area contributed by atoms with Crippen molar-refractivity contribution < 1.29 is 4.42 Å². The molecule has 0 aliphatic heterocycles. The highest BCUT2D eigenvalue weighted by Crippen LogP contribution is 2.56. The summed E-state index contributed by atoms with van der Waals surface area (Å²) in [5, 5.41) is 3.64. The van der Waals surface area contributed by atoms with Crippen LogP contribution in [0.15, 0.2) is 180 Å². The van der Waals surface area contributed by atoms with E-state index in [4.69, 9.17) is 19.4 Å². The fourth-order valence-corrected chi connectivity index (χ4v) is 8.96. The first kappa shape index (κ1) is 31.9. The van der Waals surface area contributed by atoms with Gasteiger partial charge in [-0.15, -0.1) is 0 Å². The van der Waals surface area contributed by atoms with Crippen LogP contribution < -0.4 is 0 Å². The molecule has 1 saturated carbocycles. The van der Waals surface area contributed by atoms with E-state index in [2.05, 4.69) is 126 Å². The number of benzene rings is 7. The van der Waals surface area contributed by atoms with Crippen molar-refractivity contribution in [2.24, 2.45) is 5.92 Å². The molecular weight excluding hydrogens is 697 g/mol. The number of nitrogens with zero attached hydrogens (tertiary/aromatic N) is 4. The van der Waals surface area contributed by atoms with E-state index in [-0.39, 0.29) is 0 Å². The lowest BCUT2D eigenvalue weighted by molar-refractivity contribution is 0.596. The van der Waals surface area contributed by atoms with Crippen LogP contribution in [-0.4, -0.2) is 19.5 Å². The molecule has 57 heavy (non-hydrogen) atoms. The summed E-state index contributed by atoms with van der Waals surface area (Å²) in [6, 6.07) is 59.7. The molecule has 2 aliphatic rings. The molecule has 10 aromatic rings. The van der Waals surface area contributed by atoms with E-state index >= 15 is 0 Å². The molecule has 3 heterocycles. The number of allylic oxidation sites excluding steroid dienone is 1. The number of para-hydroxylation sites is 3. The predicted octanol–water partition coefficient (Wildman–Crippen LogP) is 13.2. The first-order chi connectivity index (χ1) is 28.2. The molecule has 7 aromatic carbocycles. The van der Waals surface area contributed by atoms with Gasteiger partial charge in [-0.05, 0) is 59.7 Å². The molecule has 0 spiro atoms. The topological polar surface area (TPSA) is 56.7 Å². The summed E-state index contributed by atoms with van der Waals surface area (Å²) in [7, 11) is 0. The van der Waals surface area contributed by atoms with E-state index in [9.17, 15) is 0 Å². The molecule has 0 saturated heterocycles. The van der Waals surface area contributed by atoms with Gasteiger partial charge in [0.1, 0.15) is 11.3 Å². The van der Waals surface area contributed by atoms with Crippen molar-refractivity contribution in [3.05, 3.63) is 187 Å². The van der Waals surface area contributed by atoms with Crippen LogP contribution in [0.1, 0.15) is 23.7 Å². The minimum absolute atomic E-state index is 0.591. The molecule has 0 amide bonds. The molecule has 5 heteroatoms. The highest BCUT2D eigenvalue weighted by molar-refractivity contribution is 6.14. The Bertz CT molecular complexity index is 3170. The minimum Gasteiger partial charge on any atom is -0.456 e. The van der Waals surface area contributed by atoms with Crippen molar-refractivity contribution in [3.63, 3.8) is 0 Å². The molecule has 0 bridgehead atoms. The fourth-order valence-electron chi connectivity index (χ4n) is 8.96. The fraction of sp³-hybridized carbons (Fsp3) is 0.0577. The molecule has 0 N–H and O–H groups in total. The number of rotatable bonds is 6. The van der Waals surface area contributed by atoms with Crippen LogP contribution in [0.4, 0.5) is 0 Å². The largest absolute Gasteiger partial charge is 0.456 e. The van der Waals surface area contributed by atoms with Gasteiger partial charge < -0.3 is 8.98 Å². The molecule has 2 atom stereocenters. The zero-order valence-electron chi connectivity index (χ0n) is 30.9. The molecule has 268 valence electrons. The Morgan fingerprint density at radius 2 is 1.07 bits per heavy atom. The van der Waals surface area contributed by atoms with Gasteiger partial charge in [0.15, 0.2) is 17.5 Å². The lowest BCUT2D eigenvalue weighted by atomic mass is 9.95. The van der Waals surface area contributed by atoms with E-state index in [1.807, 2.05) is 60.7 Å². The Hall–Kier alpha value is -7.37. The molecule has 1 fully saturated rings. The standard InChI is InChI=1S/C52H34N4O/c1-3-13-32(14-4-1)50-53-51(33-15-5-2-6-16-33)55-52(54-50)37-19-10-20-38(30-37)56-45-26-8-7-21-41(45)42-24-11-22-39(48(42)56)34-17-9-18-35(29-34)40-23-12-25-43-47-44-31-36(44)27-28-46(47)57-49(40)43/h1-30,36,44H,31H2. The van der Waals surface area contributed by atoms with E-state index in [1.54, 1.807) is 0 Å². The molecule has 5 nitrogen and oxygen atoms in total. The van der Waals surface area contributed by atoms with Gasteiger partial charge in [0, 0.05) is 55.2 Å². The van der Waals surface area contributed by atoms with Crippen LogP contribution in [-0.2, 0) is 0 Å². The monoisotopic (exact) mass is 730 g/mol. The Labute approximate surface area is 329 Å². The SMILES string of the molecule is C1=CC2CC2c2c1oc1c(-c3cccc(-c4cccc5c6ccccc6n(-c6cccc(-c7nc(-c8ccccc8)nc(-c8ccccc8)n7)c6)c45)c3)cccc21. The van der Waals surface area contributed by atoms with Crippen molar-refractivity contribution in [1.29, 1.82) is 0 Å². The highest BCUT2D eigenvalue weighted by atomic mass is 16.3. The third-order valence-electron chi connectivity index (χ3n) is 11.7. The van der Waals surface area contributed by atoms with Crippen LogP contribution in [0.2, 0.25) is 0 Å². The van der Waals surface area contributed by atoms with Gasteiger partial charge in [-0.1, -0.05) is 152 Å². The maximum Gasteiger partial charge on any atom is 0.164 e. The Morgan fingerprint density at radius 1 is 0.491 bits per heavy atom. The van der Waals surface area contributed by atoms with E-state index in [1.165, 1.54) is 28.1 Å². The molecule has 2 aliphatic carbocycles. The van der Waals surface area contributed by atoms with Crippen molar-refractivity contribution >= 4 is 38.9 Å². The van der Waals surface area contributed by atoms with E-state index in [0.717, 1.165) is 67.0 Å². The van der Waals surface area contributed by atoms with Crippen LogP contribution in [0.25, 0.3) is 101 Å². The summed E-state index contributed by atoms with van der Waals surface area (Å²) in [4.78, 5) is 15.0. The number of hydrogen-bond donors (Lipinski definition) is 0. The summed E-state index contributed by atoms with van der Waals surface area (Å²) in [6.07, 6.45) is 5.72. The summed E-state index contributed by atoms with van der Waals surface area (Å²) < 4.78 is 9.01. The lowest BCUT2D eigenvalue weighted by Gasteiger charge is -2.14. The van der Waals surface area contributed by atoms with Gasteiger partial charge >= 0.3 is 0 Å². The number of hydrogen-bond acceptors (Lipinski definition) is 4. The smallest absolute Gasteiger partial charge is 0.164 e. The number of aromatic nitrogens is 4. The Balaban J connectivity index is 1.03. The first-order valence-electron chi connectivity index (χ1n) is 19.6. The van der Waals surface area contributed by atoms with Gasteiger partial charge in [0.05, 0.1) is 11.0 Å². The van der Waals surface area contributed by atoms with Crippen LogP contribution in [0.5, 0.6) is 0 Å². The number of fused-ring (bicyclic) bond motifs is 8. The average Bonchev–Trinajstić information content (AvgIpc) is 3.86. The maximum absolute atomic E-state index is 6.61. The normalized spacial score (nSPS) is 15.6. The van der Waals surface area contributed by atoms with Crippen LogP contribution >= 0.6 is 0 Å². The van der Waals surface area contributed by atoms with Gasteiger partial charge in [-0.25, -0.2) is 15.0 Å². The summed E-state index contributed by atoms with van der Waals surface area (Å²) >= 11 is 0. The number of furan rings is 1. The lowest BCUT2D eigenvalue weighted by Crippen LogP contribution is -2.01. The van der Waals surface area contributed by atoms with Crippen molar-refractivity contribution in [1.82, 2.24) is 19.5 Å². The average molecular weight is 731 g/mol. The molecular formula is C52H34N4O. The Kier molecular flexibility index (Phi) is 7.05. The molecule has 3 aromatic heterocycles. The van der Waals surface area contributed by atoms with Gasteiger partial charge in [0.25, 0.3) is 0 Å². The van der Waals surface area contributed by atoms with Crippen LogP contribution in [0, 0.1) is 5.92 Å². The van der Waals surface area contributed by atoms with E-state index in [0.29, 0.717) is 29.3 Å². The summed E-state index contributed by atoms with van der Waals surface area (Å²) in [5.74, 6) is 4.18. The molecule has 2 unspecified atom stereocenters. The second-order valence-corrected chi connectivity index (χ2v) is 15.2. The highest BCUT2D eigenvalue weighted by Gasteiger charge is 2.42. The van der Waals surface area contributed by atoms with Crippen molar-refractivity contribution in [2.75, 3.05) is 0 Å². The second kappa shape index (κ2) is 12.6. The third kappa shape index (κ3) is 5.20. The molecule has 12 rings (SSSR count). The van der Waals surface area contributed by atoms with Gasteiger partial charge in [-0.2, -0.15) is 0 Å². The predicted molar refractivity (Wildman–Crippen MR) is 231 cm³/mol. The second-order valence-electron chi connectivity index (χ2n) is 15.2. The van der Waals surface area contributed by atoms with Gasteiger partial charge in [0.2, 0.25) is 0 Å². The molecule has 0 radical (unpaired) electrons. The van der Waals surface area contributed by atoms with Gasteiger partial charge in [-0.3, -0.25) is 0 Å². The maximum atomic E-state index is 6.61. The summed E-state index contributed by atoms with van der Waals surface area (Å²) in [6.45, 7) is 0. The zero-order valence-corrected chi connectivity index (χ0v) is 30.9. The minimum atomic E-state index is 0.591. The first-order valence-corrected chi connectivity index (χ1v) is 19.6. The zero-order chi connectivity index (χ0) is 37.5. The third-order valence-corrected chi connectivity index (χ3v) is 11.7. The van der Waals surface area contributed by atoms with Crippen LogP contribution in [0.3, 0.4) is 0 Å². The van der Waals surface area contributed by atoms with Crippen molar-refractivity contribution in [2.45, 2.75) is 12.3 Å². The Morgan fingerprint density at radius 3 is 1.84 bits per heavy atom.